The lowest BCUT2D eigenvalue weighted by molar-refractivity contribution is -0.0641. The number of carbonyl (C=O) groups is 1. The Balaban J connectivity index is 0.000000164. The topological polar surface area (TPSA) is 197 Å². The molecule has 0 radical (unpaired) electrons. The van der Waals surface area contributed by atoms with Gasteiger partial charge in [-0.05, 0) is 132 Å². The lowest BCUT2D eigenvalue weighted by Crippen LogP contribution is -2.34. The molecule has 15 nitrogen and oxygen atoms in total. The lowest BCUT2D eigenvalue weighted by Gasteiger charge is -2.34. The van der Waals surface area contributed by atoms with E-state index < -0.39 is 30.4 Å². The minimum Gasteiger partial charge on any atom is -0.478 e. The number of aromatic nitrogens is 4. The summed E-state index contributed by atoms with van der Waals surface area (Å²) in [6.45, 7) is 1.74. The van der Waals surface area contributed by atoms with Crippen molar-refractivity contribution in [3.05, 3.63) is 135 Å². The smallest absolute Gasteiger partial charge is 0.387 e. The average Bonchev–Trinajstić information content (AvgIpc) is 4.30. The van der Waals surface area contributed by atoms with Crippen molar-refractivity contribution in [1.29, 1.82) is 0 Å². The van der Waals surface area contributed by atoms with Gasteiger partial charge < -0.3 is 43.3 Å². The number of alkyl halides is 4. The zero-order chi connectivity index (χ0) is 53.4. The Bertz CT molecular complexity index is 3460. The number of para-hydroxylation sites is 2. The molecular weight excluding hydrogens is 1040 g/mol. The fourth-order valence-electron chi connectivity index (χ4n) is 10.1. The zero-order valence-electron chi connectivity index (χ0n) is 41.2. The molecule has 4 aromatic heterocycles. The maximum absolute atomic E-state index is 13.0. The number of fused-ring (bicyclic) bond motifs is 2. The first kappa shape index (κ1) is 52.3. The van der Waals surface area contributed by atoms with Gasteiger partial charge in [0.05, 0.1) is 53.3 Å². The van der Waals surface area contributed by atoms with Crippen molar-refractivity contribution >= 4 is 54.8 Å². The van der Waals surface area contributed by atoms with E-state index in [0.29, 0.717) is 95.1 Å². The number of hydrogen-bond donors (Lipinski definition) is 3. The van der Waals surface area contributed by atoms with Gasteiger partial charge in [-0.3, -0.25) is 0 Å². The molecule has 8 aromatic rings. The molecule has 0 atom stereocenters. The van der Waals surface area contributed by atoms with Crippen LogP contribution in [0.2, 0.25) is 0 Å². The van der Waals surface area contributed by atoms with Crippen LogP contribution in [0.5, 0.6) is 11.5 Å². The summed E-state index contributed by atoms with van der Waals surface area (Å²) < 4.78 is 87.0. The summed E-state index contributed by atoms with van der Waals surface area (Å²) >= 11 is 2.74. The molecule has 4 aliphatic rings. The molecule has 4 aromatic carbocycles. The van der Waals surface area contributed by atoms with E-state index >= 15 is 0 Å². The molecule has 4 saturated carbocycles. The summed E-state index contributed by atoms with van der Waals surface area (Å²) in [6.07, 6.45) is 8.10. The highest BCUT2D eigenvalue weighted by molar-refractivity contribution is 7.19. The summed E-state index contributed by atoms with van der Waals surface area (Å²) in [5, 5.41) is 41.7. The molecule has 0 aliphatic heterocycles. The number of carboxylic acids is 1. The number of rotatable bonds is 17. The normalized spacial score (nSPS) is 21.5. The van der Waals surface area contributed by atoms with Gasteiger partial charge in [0.2, 0.25) is 0 Å². The SMILES string of the molecule is O=C(O)c1ccc2nc(C3(O)CCC(OCc4c(-c5ccccc5OC(F)F)noc4C4CC4)CC3)sc2c1.[C-]#[N+]c1ccc2nc(C3(O)CCC(OCc4c(-c5ccccc5OC(F)F)noc4C4CC4)CC3)sc2c1. The second-order valence-electron chi connectivity index (χ2n) is 19.9. The van der Waals surface area contributed by atoms with Crippen molar-refractivity contribution in [3.8, 4) is 34.0 Å². The van der Waals surface area contributed by atoms with E-state index in [-0.39, 0.29) is 54.3 Å². The third-order valence-electron chi connectivity index (χ3n) is 14.6. The zero-order valence-corrected chi connectivity index (χ0v) is 42.8. The third kappa shape index (κ3) is 11.5. The Hall–Kier alpha value is -6.80. The molecule has 0 saturated heterocycles. The summed E-state index contributed by atoms with van der Waals surface area (Å²) in [7, 11) is 0. The van der Waals surface area contributed by atoms with Crippen molar-refractivity contribution in [1.82, 2.24) is 20.3 Å². The number of thiazole rings is 2. The number of ether oxygens (including phenoxy) is 4. The van der Waals surface area contributed by atoms with E-state index in [9.17, 15) is 37.7 Å². The first-order valence-corrected chi connectivity index (χ1v) is 27.0. The van der Waals surface area contributed by atoms with Gasteiger partial charge in [0.15, 0.2) is 5.69 Å². The third-order valence-corrected chi connectivity index (χ3v) is 17.1. The molecular formula is C56H51F4N5O10S2. The van der Waals surface area contributed by atoms with Crippen LogP contribution < -0.4 is 9.47 Å². The highest BCUT2D eigenvalue weighted by Crippen LogP contribution is 2.49. The molecule has 4 fully saturated rings. The van der Waals surface area contributed by atoms with E-state index in [2.05, 4.69) is 25.1 Å². The van der Waals surface area contributed by atoms with Crippen LogP contribution in [0.4, 0.5) is 23.2 Å². The number of halogens is 4. The van der Waals surface area contributed by atoms with Gasteiger partial charge in [-0.1, -0.05) is 40.6 Å². The van der Waals surface area contributed by atoms with Crippen molar-refractivity contribution in [2.45, 2.75) is 139 Å². The first-order chi connectivity index (χ1) is 37.2. The molecule has 400 valence electrons. The number of nitrogens with zero attached hydrogens (tertiary/aromatic N) is 5. The maximum atomic E-state index is 13.0. The van der Waals surface area contributed by atoms with E-state index in [1.807, 2.05) is 6.07 Å². The van der Waals surface area contributed by atoms with Gasteiger partial charge in [0.1, 0.15) is 55.6 Å². The molecule has 77 heavy (non-hydrogen) atoms. The van der Waals surface area contributed by atoms with Crippen LogP contribution in [0, 0.1) is 6.57 Å². The van der Waals surface area contributed by atoms with Crippen molar-refractivity contribution in [2.75, 3.05) is 0 Å². The fourth-order valence-corrected chi connectivity index (χ4v) is 12.4. The lowest BCUT2D eigenvalue weighted by atomic mass is 9.83. The minimum atomic E-state index is -2.96. The Morgan fingerprint density at radius 3 is 1.52 bits per heavy atom. The van der Waals surface area contributed by atoms with E-state index in [1.165, 1.54) is 40.9 Å². The largest absolute Gasteiger partial charge is 0.478 e. The Labute approximate surface area is 446 Å². The van der Waals surface area contributed by atoms with Gasteiger partial charge in [0.25, 0.3) is 0 Å². The molecule has 21 heteroatoms. The predicted molar refractivity (Wildman–Crippen MR) is 275 cm³/mol. The number of aliphatic hydroxyl groups is 2. The van der Waals surface area contributed by atoms with Gasteiger partial charge in [0, 0.05) is 38.8 Å². The monoisotopic (exact) mass is 1090 g/mol. The molecule has 4 heterocycles. The average molecular weight is 1090 g/mol. The van der Waals surface area contributed by atoms with Crippen LogP contribution in [0.15, 0.2) is 94.0 Å². The summed E-state index contributed by atoms with van der Waals surface area (Å²) in [5.41, 5.74) is 3.31. The maximum Gasteiger partial charge on any atom is 0.387 e. The van der Waals surface area contributed by atoms with E-state index in [4.69, 9.17) is 34.6 Å². The highest BCUT2D eigenvalue weighted by Gasteiger charge is 2.41. The van der Waals surface area contributed by atoms with E-state index in [1.54, 1.807) is 60.7 Å². The van der Waals surface area contributed by atoms with Crippen molar-refractivity contribution < 1.29 is 65.7 Å². The minimum absolute atomic E-state index is 0.0263. The molecule has 0 spiro atoms. The Morgan fingerprint density at radius 2 is 1.09 bits per heavy atom. The number of aromatic carboxylic acids is 1. The standard InChI is InChI=1S/C28H25F2N3O4S.C28H26F2N2O6S/c1-31-17-8-9-21-23(14-17)38-26(32-21)28(34)12-10-18(11-13-28)35-15-20-24(33-37-25(20)16-6-7-16)19-4-2-3-5-22(19)36-27(29)30;29-27(30)37-21-4-2-1-3-18(21)23-19(24(38-32-23)15-5-6-15)14-36-17-9-11-28(35,12-10-17)26-31-20-8-7-16(25(33)34)13-22(20)39-26/h2-5,8-9,14,16,18,27,34H,6-7,10-13,15H2;1-4,7-8,13,15,17,27,35H,5-6,9-12,14H2,(H,33,34). The van der Waals surface area contributed by atoms with Crippen LogP contribution in [0.1, 0.15) is 132 Å². The predicted octanol–water partition coefficient (Wildman–Crippen LogP) is 13.8. The van der Waals surface area contributed by atoms with Crippen molar-refractivity contribution in [3.63, 3.8) is 0 Å². The van der Waals surface area contributed by atoms with Crippen LogP contribution in [-0.2, 0) is 33.9 Å². The van der Waals surface area contributed by atoms with Crippen LogP contribution in [-0.4, -0.2) is 67.0 Å². The quantitative estimate of drug-likeness (QED) is 0.0575. The second-order valence-corrected chi connectivity index (χ2v) is 22.0. The second kappa shape index (κ2) is 21.9. The molecule has 0 bridgehead atoms. The number of carboxylic acid groups (broad SMARTS) is 1. The first-order valence-electron chi connectivity index (χ1n) is 25.4. The highest BCUT2D eigenvalue weighted by atomic mass is 32.1. The summed E-state index contributed by atoms with van der Waals surface area (Å²) in [5.74, 6) is 1.03. The molecule has 3 N–H and O–H groups in total. The summed E-state index contributed by atoms with van der Waals surface area (Å²) in [4.78, 5) is 24.0. The molecule has 0 amide bonds. The van der Waals surface area contributed by atoms with Crippen LogP contribution in [0.25, 0.3) is 47.8 Å². The van der Waals surface area contributed by atoms with Crippen LogP contribution >= 0.6 is 22.7 Å². The van der Waals surface area contributed by atoms with Gasteiger partial charge in [-0.25, -0.2) is 19.6 Å². The van der Waals surface area contributed by atoms with Gasteiger partial charge in [-0.2, -0.15) is 17.6 Å². The molecule has 0 unspecified atom stereocenters. The van der Waals surface area contributed by atoms with E-state index in [0.717, 1.165) is 63.2 Å². The fraction of sp³-hybridized carbons (Fsp3) is 0.393. The number of benzene rings is 4. The van der Waals surface area contributed by atoms with Crippen molar-refractivity contribution in [2.24, 2.45) is 0 Å². The molecule has 4 aliphatic carbocycles. The number of hydrogen-bond acceptors (Lipinski definition) is 15. The summed E-state index contributed by atoms with van der Waals surface area (Å²) in [6, 6.07) is 23.2. The Kier molecular flexibility index (Phi) is 14.9. The van der Waals surface area contributed by atoms with Gasteiger partial charge in [-0.15, -0.1) is 22.7 Å². The Morgan fingerprint density at radius 1 is 0.649 bits per heavy atom. The van der Waals surface area contributed by atoms with Gasteiger partial charge >= 0.3 is 19.2 Å². The molecule has 12 rings (SSSR count). The van der Waals surface area contributed by atoms with Crippen LogP contribution in [0.3, 0.4) is 0 Å².